The van der Waals surface area contributed by atoms with E-state index in [2.05, 4.69) is 11.4 Å². The van der Waals surface area contributed by atoms with Crippen molar-refractivity contribution < 1.29 is 19.5 Å². The van der Waals surface area contributed by atoms with E-state index in [1.54, 1.807) is 4.90 Å². The molecule has 1 amide bonds. The molecule has 1 unspecified atom stereocenters. The van der Waals surface area contributed by atoms with Crippen molar-refractivity contribution >= 4 is 29.4 Å². The van der Waals surface area contributed by atoms with Gasteiger partial charge < -0.3 is 14.8 Å². The number of hydrogen-bond acceptors (Lipinski definition) is 5. The predicted molar refractivity (Wildman–Crippen MR) is 67.7 cm³/mol. The molecular weight excluding hydrogens is 256 g/mol. The Balaban J connectivity index is 1.85. The summed E-state index contributed by atoms with van der Waals surface area (Å²) < 4.78 is 0. The van der Waals surface area contributed by atoms with Gasteiger partial charge in [-0.15, -0.1) is 0 Å². The molecule has 2 rings (SSSR count). The molecule has 2 aliphatic rings. The highest BCUT2D eigenvalue weighted by atomic mass is 32.2. The van der Waals surface area contributed by atoms with E-state index < -0.39 is 12.1 Å². The Morgan fingerprint density at radius 1 is 1.44 bits per heavy atom. The SMILES string of the molecule is CSC1CCN(C(=O)C2CC(C(=O)O)=NO2)CC1. The fourth-order valence-corrected chi connectivity index (χ4v) is 2.83. The van der Waals surface area contributed by atoms with Gasteiger partial charge in [0.05, 0.1) is 0 Å². The van der Waals surface area contributed by atoms with Crippen LogP contribution in [0, 0.1) is 0 Å². The number of carbonyl (C=O) groups excluding carboxylic acids is 1. The standard InChI is InChI=1S/C11H16N2O4S/c1-18-7-2-4-13(5-3-7)10(14)9-6-8(11(15)16)12-17-9/h7,9H,2-6H2,1H3,(H,15,16). The molecule has 1 saturated heterocycles. The van der Waals surface area contributed by atoms with Crippen LogP contribution >= 0.6 is 11.8 Å². The third-order valence-electron chi connectivity index (χ3n) is 3.28. The van der Waals surface area contributed by atoms with E-state index in [0.717, 1.165) is 12.8 Å². The van der Waals surface area contributed by atoms with Crippen molar-refractivity contribution in [2.75, 3.05) is 19.3 Å². The number of aliphatic carboxylic acids is 1. The van der Waals surface area contributed by atoms with Gasteiger partial charge in [-0.1, -0.05) is 5.16 Å². The van der Waals surface area contributed by atoms with E-state index in [9.17, 15) is 9.59 Å². The van der Waals surface area contributed by atoms with Crippen LogP contribution < -0.4 is 0 Å². The van der Waals surface area contributed by atoms with Crippen molar-refractivity contribution in [2.45, 2.75) is 30.6 Å². The lowest BCUT2D eigenvalue weighted by Crippen LogP contribution is -2.44. The number of carboxylic acid groups (broad SMARTS) is 1. The first kappa shape index (κ1) is 13.2. The average Bonchev–Trinajstić information content (AvgIpc) is 2.88. The van der Waals surface area contributed by atoms with Gasteiger partial charge in [0.2, 0.25) is 6.10 Å². The molecule has 2 aliphatic heterocycles. The number of nitrogens with zero attached hydrogens (tertiary/aromatic N) is 2. The van der Waals surface area contributed by atoms with Crippen LogP contribution in [0.1, 0.15) is 19.3 Å². The first-order valence-corrected chi connectivity index (χ1v) is 7.18. The average molecular weight is 272 g/mol. The summed E-state index contributed by atoms with van der Waals surface area (Å²) in [6, 6.07) is 0. The van der Waals surface area contributed by atoms with Gasteiger partial charge in [0.15, 0.2) is 5.71 Å². The normalized spacial score (nSPS) is 24.6. The lowest BCUT2D eigenvalue weighted by molar-refractivity contribution is -0.142. The zero-order chi connectivity index (χ0) is 13.1. The highest BCUT2D eigenvalue weighted by molar-refractivity contribution is 7.99. The Hall–Kier alpha value is -1.24. The third-order valence-corrected chi connectivity index (χ3v) is 4.42. The smallest absolute Gasteiger partial charge is 0.353 e. The Morgan fingerprint density at radius 2 is 2.11 bits per heavy atom. The molecule has 0 bridgehead atoms. The van der Waals surface area contributed by atoms with Crippen molar-refractivity contribution in [1.29, 1.82) is 0 Å². The predicted octanol–water partition coefficient (Wildman–Crippen LogP) is 0.570. The van der Waals surface area contributed by atoms with Gasteiger partial charge in [-0.2, -0.15) is 11.8 Å². The Morgan fingerprint density at radius 3 is 2.61 bits per heavy atom. The first-order chi connectivity index (χ1) is 8.61. The van der Waals surface area contributed by atoms with Crippen molar-refractivity contribution in [3.05, 3.63) is 0 Å². The number of hydrogen-bond donors (Lipinski definition) is 1. The van der Waals surface area contributed by atoms with Crippen LogP contribution in [0.3, 0.4) is 0 Å². The highest BCUT2D eigenvalue weighted by Crippen LogP contribution is 2.23. The van der Waals surface area contributed by atoms with Gasteiger partial charge >= 0.3 is 5.97 Å². The lowest BCUT2D eigenvalue weighted by atomic mass is 10.1. The minimum atomic E-state index is -1.12. The fourth-order valence-electron chi connectivity index (χ4n) is 2.15. The Labute approximate surface area is 109 Å². The number of piperidine rings is 1. The summed E-state index contributed by atoms with van der Waals surface area (Å²) in [7, 11) is 0. The van der Waals surface area contributed by atoms with Crippen LogP contribution in [-0.4, -0.2) is 58.3 Å². The molecule has 0 aromatic heterocycles. The second-order valence-electron chi connectivity index (χ2n) is 4.40. The summed E-state index contributed by atoms with van der Waals surface area (Å²) >= 11 is 1.83. The summed E-state index contributed by atoms with van der Waals surface area (Å²) in [6.45, 7) is 1.43. The van der Waals surface area contributed by atoms with Crippen LogP contribution in [0.15, 0.2) is 5.16 Å². The van der Waals surface area contributed by atoms with Crippen LogP contribution in [0.5, 0.6) is 0 Å². The highest BCUT2D eigenvalue weighted by Gasteiger charge is 2.35. The molecule has 0 spiro atoms. The quantitative estimate of drug-likeness (QED) is 0.812. The van der Waals surface area contributed by atoms with Crippen LogP contribution in [-0.2, 0) is 14.4 Å². The summed E-state index contributed by atoms with van der Waals surface area (Å²) in [5.41, 5.74) is -0.0765. The minimum Gasteiger partial charge on any atom is -0.477 e. The minimum absolute atomic E-state index is 0.0661. The zero-order valence-corrected chi connectivity index (χ0v) is 11.0. The largest absolute Gasteiger partial charge is 0.477 e. The van der Waals surface area contributed by atoms with Gasteiger partial charge in [-0.05, 0) is 19.1 Å². The van der Waals surface area contributed by atoms with Crippen molar-refractivity contribution in [1.82, 2.24) is 4.90 Å². The third kappa shape index (κ3) is 2.77. The maximum atomic E-state index is 12.1. The molecule has 7 heteroatoms. The van der Waals surface area contributed by atoms with E-state index in [1.165, 1.54) is 0 Å². The summed E-state index contributed by atoms with van der Waals surface area (Å²) in [6.07, 6.45) is 3.35. The molecule has 0 aromatic carbocycles. The maximum absolute atomic E-state index is 12.1. The van der Waals surface area contributed by atoms with Gasteiger partial charge in [-0.25, -0.2) is 4.79 Å². The molecule has 1 atom stereocenters. The molecular formula is C11H16N2O4S. The van der Waals surface area contributed by atoms with Crippen molar-refractivity contribution in [3.63, 3.8) is 0 Å². The van der Waals surface area contributed by atoms with E-state index in [1.807, 2.05) is 11.8 Å². The van der Waals surface area contributed by atoms with Gasteiger partial charge in [0, 0.05) is 24.8 Å². The van der Waals surface area contributed by atoms with Crippen molar-refractivity contribution in [2.24, 2.45) is 5.16 Å². The molecule has 6 nitrogen and oxygen atoms in total. The number of oxime groups is 1. The molecule has 1 fully saturated rings. The Kier molecular flexibility index (Phi) is 4.11. The number of thioether (sulfide) groups is 1. The first-order valence-electron chi connectivity index (χ1n) is 5.89. The van der Waals surface area contributed by atoms with E-state index in [4.69, 9.17) is 9.94 Å². The number of rotatable bonds is 3. The molecule has 0 aromatic rings. The topological polar surface area (TPSA) is 79.2 Å². The lowest BCUT2D eigenvalue weighted by Gasteiger charge is -2.32. The fraction of sp³-hybridized carbons (Fsp3) is 0.727. The zero-order valence-electron chi connectivity index (χ0n) is 10.2. The Bertz CT molecular complexity index is 377. The van der Waals surface area contributed by atoms with E-state index in [0.29, 0.717) is 18.3 Å². The van der Waals surface area contributed by atoms with Crippen LogP contribution in [0.25, 0.3) is 0 Å². The monoisotopic (exact) mass is 272 g/mol. The van der Waals surface area contributed by atoms with E-state index in [-0.39, 0.29) is 18.0 Å². The second kappa shape index (κ2) is 5.60. The number of likely N-dealkylation sites (tertiary alicyclic amines) is 1. The molecule has 0 aliphatic carbocycles. The number of carboxylic acids is 1. The summed E-state index contributed by atoms with van der Waals surface area (Å²) in [5, 5.41) is 12.8. The number of carbonyl (C=O) groups is 2. The molecule has 18 heavy (non-hydrogen) atoms. The van der Waals surface area contributed by atoms with Crippen LogP contribution in [0.4, 0.5) is 0 Å². The summed E-state index contributed by atoms with van der Waals surface area (Å²) in [5.74, 6) is -1.26. The van der Waals surface area contributed by atoms with Gasteiger partial charge in [0.1, 0.15) is 0 Å². The molecule has 1 N–H and O–H groups in total. The number of amides is 1. The molecule has 0 radical (unpaired) electrons. The molecule has 100 valence electrons. The molecule has 0 saturated carbocycles. The molecule has 2 heterocycles. The summed E-state index contributed by atoms with van der Waals surface area (Å²) in [4.78, 5) is 29.4. The second-order valence-corrected chi connectivity index (χ2v) is 5.54. The van der Waals surface area contributed by atoms with Crippen LogP contribution in [0.2, 0.25) is 0 Å². The van der Waals surface area contributed by atoms with Gasteiger partial charge in [-0.3, -0.25) is 4.79 Å². The van der Waals surface area contributed by atoms with Crippen molar-refractivity contribution in [3.8, 4) is 0 Å². The van der Waals surface area contributed by atoms with E-state index >= 15 is 0 Å². The maximum Gasteiger partial charge on any atom is 0.353 e. The van der Waals surface area contributed by atoms with Gasteiger partial charge in [0.25, 0.3) is 5.91 Å².